The van der Waals surface area contributed by atoms with E-state index in [0.717, 1.165) is 11.1 Å². The predicted molar refractivity (Wildman–Crippen MR) is 149 cm³/mol. The van der Waals surface area contributed by atoms with Crippen LogP contribution in [0.25, 0.3) is 6.08 Å². The number of hydrogen-bond donors (Lipinski definition) is 0. The van der Waals surface area contributed by atoms with Crippen molar-refractivity contribution in [3.63, 3.8) is 0 Å². The SMILES string of the molecule is O=C(/C=C/c1ccccc1)C1C(=O)CC(c2ccccc2)C2(C(=O)c3ccccc3C2=O)C1c1ccccc1. The molecule has 1 fully saturated rings. The molecule has 0 heterocycles. The van der Waals surface area contributed by atoms with Gasteiger partial charge in [0.1, 0.15) is 11.2 Å². The molecule has 2 aliphatic carbocycles. The van der Waals surface area contributed by atoms with Crippen molar-refractivity contribution >= 4 is 29.2 Å². The van der Waals surface area contributed by atoms with E-state index in [1.807, 2.05) is 91.0 Å². The first-order valence-corrected chi connectivity index (χ1v) is 13.1. The monoisotopic (exact) mass is 510 g/mol. The number of hydrogen-bond acceptors (Lipinski definition) is 4. The molecule has 39 heavy (non-hydrogen) atoms. The van der Waals surface area contributed by atoms with E-state index in [0.29, 0.717) is 16.7 Å². The number of Topliss-reactive ketones (excluding diaryl/α,β-unsaturated/α-hetero) is 3. The summed E-state index contributed by atoms with van der Waals surface area (Å²) < 4.78 is 0. The zero-order valence-corrected chi connectivity index (χ0v) is 21.2. The normalized spacial score (nSPS) is 21.8. The van der Waals surface area contributed by atoms with Gasteiger partial charge >= 0.3 is 0 Å². The number of carbonyl (C=O) groups is 4. The molecule has 1 spiro atoms. The van der Waals surface area contributed by atoms with Crippen molar-refractivity contribution in [2.75, 3.05) is 0 Å². The van der Waals surface area contributed by atoms with Gasteiger partial charge in [-0.3, -0.25) is 19.2 Å². The summed E-state index contributed by atoms with van der Waals surface area (Å²) in [6.07, 6.45) is 3.02. The van der Waals surface area contributed by atoms with Crippen molar-refractivity contribution in [2.24, 2.45) is 11.3 Å². The van der Waals surface area contributed by atoms with Gasteiger partial charge in [-0.15, -0.1) is 0 Å². The highest BCUT2D eigenvalue weighted by Gasteiger charge is 2.67. The lowest BCUT2D eigenvalue weighted by atomic mass is 9.50. The van der Waals surface area contributed by atoms with Crippen LogP contribution in [-0.4, -0.2) is 23.1 Å². The van der Waals surface area contributed by atoms with E-state index < -0.39 is 29.0 Å². The van der Waals surface area contributed by atoms with Crippen LogP contribution in [0.3, 0.4) is 0 Å². The van der Waals surface area contributed by atoms with Crippen molar-refractivity contribution < 1.29 is 19.2 Å². The molecule has 0 radical (unpaired) electrons. The summed E-state index contributed by atoms with van der Waals surface area (Å²) in [6, 6.07) is 34.6. The van der Waals surface area contributed by atoms with Crippen LogP contribution in [0.15, 0.2) is 121 Å². The molecule has 0 N–H and O–H groups in total. The molecule has 4 aromatic rings. The van der Waals surface area contributed by atoms with Crippen molar-refractivity contribution in [1.29, 1.82) is 0 Å². The summed E-state index contributed by atoms with van der Waals surface area (Å²) in [5.41, 5.74) is 1.28. The van der Waals surface area contributed by atoms with Crippen molar-refractivity contribution in [2.45, 2.75) is 18.3 Å². The van der Waals surface area contributed by atoms with Gasteiger partial charge < -0.3 is 0 Å². The standard InChI is InChI=1S/C35H26O4/c36-29(21-20-23-12-4-1-5-13-23)31-30(37)22-28(24-14-6-2-7-15-24)35(32(31)25-16-8-3-9-17-25)33(38)26-18-10-11-19-27(26)34(35)39/h1-21,28,31-32H,22H2/b21-20+. The van der Waals surface area contributed by atoms with Crippen molar-refractivity contribution in [1.82, 2.24) is 0 Å². The van der Waals surface area contributed by atoms with Crippen molar-refractivity contribution in [3.8, 4) is 0 Å². The van der Waals surface area contributed by atoms with E-state index >= 15 is 0 Å². The Balaban J connectivity index is 1.58. The number of carbonyl (C=O) groups excluding carboxylic acids is 4. The average Bonchev–Trinajstić information content (AvgIpc) is 3.20. The van der Waals surface area contributed by atoms with Crippen LogP contribution in [0.2, 0.25) is 0 Å². The molecular weight excluding hydrogens is 484 g/mol. The van der Waals surface area contributed by atoms with Gasteiger partial charge in [-0.05, 0) is 22.8 Å². The first-order valence-electron chi connectivity index (χ1n) is 13.1. The number of ketones is 4. The lowest BCUT2D eigenvalue weighted by Gasteiger charge is -2.47. The average molecular weight is 511 g/mol. The second-order valence-electron chi connectivity index (χ2n) is 10.2. The number of benzene rings is 4. The summed E-state index contributed by atoms with van der Waals surface area (Å²) in [4.78, 5) is 57.0. The fraction of sp³-hybridized carbons (Fsp3) is 0.143. The Morgan fingerprint density at radius 3 is 1.69 bits per heavy atom. The molecule has 6 rings (SSSR count). The van der Waals surface area contributed by atoms with Gasteiger partial charge in [0.2, 0.25) is 0 Å². The maximum Gasteiger partial charge on any atom is 0.178 e. The third-order valence-corrected chi connectivity index (χ3v) is 8.20. The summed E-state index contributed by atoms with van der Waals surface area (Å²) >= 11 is 0. The van der Waals surface area contributed by atoms with Crippen LogP contribution in [0.4, 0.5) is 0 Å². The molecule has 3 atom stereocenters. The molecular formula is C35H26O4. The maximum absolute atomic E-state index is 14.5. The Morgan fingerprint density at radius 2 is 1.13 bits per heavy atom. The number of fused-ring (bicyclic) bond motifs is 1. The van der Waals surface area contributed by atoms with Gasteiger partial charge in [0.15, 0.2) is 17.3 Å². The van der Waals surface area contributed by atoms with E-state index in [9.17, 15) is 19.2 Å². The summed E-state index contributed by atoms with van der Waals surface area (Å²) in [5.74, 6) is -4.12. The Labute approximate surface area is 227 Å². The number of allylic oxidation sites excluding steroid dienone is 1. The Morgan fingerprint density at radius 1 is 0.641 bits per heavy atom. The van der Waals surface area contributed by atoms with Crippen LogP contribution in [0, 0.1) is 11.3 Å². The van der Waals surface area contributed by atoms with E-state index in [4.69, 9.17) is 0 Å². The van der Waals surface area contributed by atoms with Gasteiger partial charge in [-0.1, -0.05) is 121 Å². The largest absolute Gasteiger partial charge is 0.299 e. The Bertz CT molecular complexity index is 1570. The van der Waals surface area contributed by atoms with Gasteiger partial charge in [-0.2, -0.15) is 0 Å². The van der Waals surface area contributed by atoms with Gasteiger partial charge in [0.25, 0.3) is 0 Å². The number of rotatable bonds is 5. The second kappa shape index (κ2) is 9.88. The molecule has 4 nitrogen and oxygen atoms in total. The molecule has 0 amide bonds. The molecule has 190 valence electrons. The van der Waals surface area contributed by atoms with E-state index in [2.05, 4.69) is 0 Å². The predicted octanol–water partition coefficient (Wildman–Crippen LogP) is 6.49. The third-order valence-electron chi connectivity index (χ3n) is 8.20. The van der Waals surface area contributed by atoms with Gasteiger partial charge in [-0.25, -0.2) is 0 Å². The minimum absolute atomic E-state index is 0.0750. The second-order valence-corrected chi connectivity index (χ2v) is 10.2. The fourth-order valence-corrected chi connectivity index (χ4v) is 6.53. The van der Waals surface area contributed by atoms with E-state index in [-0.39, 0.29) is 23.8 Å². The molecule has 4 heteroatoms. The van der Waals surface area contributed by atoms with Crippen LogP contribution < -0.4 is 0 Å². The minimum atomic E-state index is -1.62. The van der Waals surface area contributed by atoms with Crippen LogP contribution in [0.5, 0.6) is 0 Å². The highest BCUT2D eigenvalue weighted by Crippen LogP contribution is 2.61. The highest BCUT2D eigenvalue weighted by molar-refractivity contribution is 6.32. The highest BCUT2D eigenvalue weighted by atomic mass is 16.2. The molecule has 0 aliphatic heterocycles. The lowest BCUT2D eigenvalue weighted by molar-refractivity contribution is -0.135. The first-order chi connectivity index (χ1) is 19.0. The van der Waals surface area contributed by atoms with Crippen LogP contribution in [0.1, 0.15) is 55.7 Å². The molecule has 0 bridgehead atoms. The van der Waals surface area contributed by atoms with Gasteiger partial charge in [0, 0.05) is 29.4 Å². The summed E-state index contributed by atoms with van der Waals surface area (Å²) in [6.45, 7) is 0. The maximum atomic E-state index is 14.5. The summed E-state index contributed by atoms with van der Waals surface area (Å²) in [5, 5.41) is 0. The molecule has 2 aliphatic rings. The molecule has 3 unspecified atom stereocenters. The fourth-order valence-electron chi connectivity index (χ4n) is 6.53. The van der Waals surface area contributed by atoms with Crippen LogP contribution >= 0.6 is 0 Å². The molecule has 4 aromatic carbocycles. The first kappa shape index (κ1) is 24.6. The van der Waals surface area contributed by atoms with Crippen molar-refractivity contribution in [3.05, 3.63) is 149 Å². The van der Waals surface area contributed by atoms with Crippen LogP contribution in [-0.2, 0) is 9.59 Å². The minimum Gasteiger partial charge on any atom is -0.299 e. The Kier molecular flexibility index (Phi) is 6.24. The zero-order chi connectivity index (χ0) is 27.0. The summed E-state index contributed by atoms with van der Waals surface area (Å²) in [7, 11) is 0. The zero-order valence-electron chi connectivity index (χ0n) is 21.2. The molecule has 0 saturated heterocycles. The molecule has 1 saturated carbocycles. The molecule has 0 aromatic heterocycles. The third kappa shape index (κ3) is 3.91. The van der Waals surface area contributed by atoms with E-state index in [1.54, 1.807) is 30.3 Å². The van der Waals surface area contributed by atoms with Gasteiger partial charge in [0.05, 0.1) is 5.92 Å². The quantitative estimate of drug-likeness (QED) is 0.227. The lowest BCUT2D eigenvalue weighted by Crippen LogP contribution is -2.55. The van der Waals surface area contributed by atoms with E-state index in [1.165, 1.54) is 6.08 Å². The Hall–Kier alpha value is -4.70. The smallest absolute Gasteiger partial charge is 0.178 e. The topological polar surface area (TPSA) is 68.3 Å².